The van der Waals surface area contributed by atoms with Gasteiger partial charge in [-0.3, -0.25) is 0 Å². The van der Waals surface area contributed by atoms with E-state index in [1.165, 1.54) is 12.8 Å². The van der Waals surface area contributed by atoms with Gasteiger partial charge in [0.05, 0.1) is 4.99 Å². The second-order valence-corrected chi connectivity index (χ2v) is 4.80. The lowest BCUT2D eigenvalue weighted by Crippen LogP contribution is -2.35. The van der Waals surface area contributed by atoms with E-state index in [0.29, 0.717) is 12.0 Å². The van der Waals surface area contributed by atoms with Crippen LogP contribution in [0.1, 0.15) is 40.0 Å². The largest absolute Gasteiger partial charge is 0.377 e. The summed E-state index contributed by atoms with van der Waals surface area (Å²) >= 11 is 5.25. The normalized spacial score (nSPS) is 31.5. The monoisotopic (exact) mass is 185 g/mol. The zero-order valence-corrected chi connectivity index (χ0v) is 9.08. The van der Waals surface area contributed by atoms with Gasteiger partial charge < -0.3 is 5.32 Å². The summed E-state index contributed by atoms with van der Waals surface area (Å²) in [4.78, 5) is 1.07. The highest BCUT2D eigenvalue weighted by Gasteiger charge is 2.20. The Morgan fingerprint density at radius 1 is 1.42 bits per heavy atom. The van der Waals surface area contributed by atoms with E-state index in [0.717, 1.165) is 17.3 Å². The van der Waals surface area contributed by atoms with Crippen molar-refractivity contribution in [1.29, 1.82) is 0 Å². The first-order valence-corrected chi connectivity index (χ1v) is 5.29. The third kappa shape index (κ3) is 2.74. The van der Waals surface area contributed by atoms with Gasteiger partial charge in [0, 0.05) is 12.5 Å². The van der Waals surface area contributed by atoms with Crippen molar-refractivity contribution >= 4 is 17.2 Å². The number of hydrogen-bond donors (Lipinski definition) is 1. The predicted octanol–water partition coefficient (Wildman–Crippen LogP) is 2.75. The molecule has 1 fully saturated rings. The molecule has 70 valence electrons. The summed E-state index contributed by atoms with van der Waals surface area (Å²) in [7, 11) is 0. The highest BCUT2D eigenvalue weighted by molar-refractivity contribution is 7.80. The van der Waals surface area contributed by atoms with Crippen molar-refractivity contribution in [3.05, 3.63) is 0 Å². The molecular weight excluding hydrogens is 166 g/mol. The zero-order chi connectivity index (χ0) is 9.14. The van der Waals surface area contributed by atoms with Crippen LogP contribution in [0.3, 0.4) is 0 Å². The molecular formula is C10H19NS. The Balaban J connectivity index is 2.52. The van der Waals surface area contributed by atoms with Crippen molar-refractivity contribution in [2.45, 2.75) is 46.1 Å². The maximum atomic E-state index is 5.25. The molecule has 2 atom stereocenters. The lowest BCUT2D eigenvalue weighted by Gasteiger charge is -2.20. The standard InChI is InChI=1S/C10H19NS/c1-7(2)9-5-4-8(3)6-10(12)11-9/h7-9H,4-6H2,1-3H3,(H,11,12)/t8-,9+/m1/s1. The summed E-state index contributed by atoms with van der Waals surface area (Å²) < 4.78 is 0. The van der Waals surface area contributed by atoms with E-state index in [-0.39, 0.29) is 0 Å². The Bertz CT molecular complexity index is 165. The van der Waals surface area contributed by atoms with E-state index in [1.807, 2.05) is 0 Å². The molecule has 2 heteroatoms. The van der Waals surface area contributed by atoms with Crippen LogP contribution < -0.4 is 5.32 Å². The summed E-state index contributed by atoms with van der Waals surface area (Å²) in [5, 5.41) is 3.44. The molecule has 0 radical (unpaired) electrons. The van der Waals surface area contributed by atoms with Crippen LogP contribution in [0, 0.1) is 11.8 Å². The summed E-state index contributed by atoms with van der Waals surface area (Å²) in [6.07, 6.45) is 3.67. The Morgan fingerprint density at radius 2 is 2.08 bits per heavy atom. The van der Waals surface area contributed by atoms with Gasteiger partial charge in [0.25, 0.3) is 0 Å². The van der Waals surface area contributed by atoms with Crippen LogP contribution in [0.2, 0.25) is 0 Å². The van der Waals surface area contributed by atoms with Gasteiger partial charge in [0.2, 0.25) is 0 Å². The maximum absolute atomic E-state index is 5.25. The van der Waals surface area contributed by atoms with Gasteiger partial charge in [0.15, 0.2) is 0 Å². The molecule has 1 aliphatic heterocycles. The van der Waals surface area contributed by atoms with Crippen LogP contribution in [-0.4, -0.2) is 11.0 Å². The number of nitrogens with one attached hydrogen (secondary N) is 1. The molecule has 1 aliphatic rings. The lowest BCUT2D eigenvalue weighted by molar-refractivity contribution is 0.407. The van der Waals surface area contributed by atoms with Gasteiger partial charge in [0.1, 0.15) is 0 Å². The highest BCUT2D eigenvalue weighted by Crippen LogP contribution is 2.20. The SMILES string of the molecule is CC(C)[C@@H]1CC[C@@H](C)CC(=S)N1. The number of thiocarbonyl (C=S) groups is 1. The molecule has 0 spiro atoms. The molecule has 1 N–H and O–H groups in total. The quantitative estimate of drug-likeness (QED) is 0.630. The Kier molecular flexibility index (Phi) is 3.51. The molecule has 0 saturated carbocycles. The van der Waals surface area contributed by atoms with Crippen molar-refractivity contribution in [1.82, 2.24) is 5.32 Å². The summed E-state index contributed by atoms with van der Waals surface area (Å²) in [6.45, 7) is 6.81. The molecule has 0 amide bonds. The van der Waals surface area contributed by atoms with Gasteiger partial charge in [-0.05, 0) is 24.7 Å². The molecule has 1 heterocycles. The van der Waals surface area contributed by atoms with Crippen molar-refractivity contribution in [3.63, 3.8) is 0 Å². The van der Waals surface area contributed by atoms with E-state index in [2.05, 4.69) is 26.1 Å². The lowest BCUT2D eigenvalue weighted by atomic mass is 9.96. The first kappa shape index (κ1) is 9.97. The maximum Gasteiger partial charge on any atom is 0.0758 e. The van der Waals surface area contributed by atoms with Crippen molar-refractivity contribution < 1.29 is 0 Å². The van der Waals surface area contributed by atoms with E-state index < -0.39 is 0 Å². The van der Waals surface area contributed by atoms with Crippen LogP contribution in [-0.2, 0) is 0 Å². The molecule has 0 bridgehead atoms. The smallest absolute Gasteiger partial charge is 0.0758 e. The first-order valence-electron chi connectivity index (χ1n) is 4.89. The minimum Gasteiger partial charge on any atom is -0.377 e. The molecule has 0 unspecified atom stereocenters. The van der Waals surface area contributed by atoms with Gasteiger partial charge in [-0.2, -0.15) is 0 Å². The average molecular weight is 185 g/mol. The van der Waals surface area contributed by atoms with Crippen LogP contribution in [0.15, 0.2) is 0 Å². The molecule has 1 saturated heterocycles. The fraction of sp³-hybridized carbons (Fsp3) is 0.900. The second kappa shape index (κ2) is 4.22. The molecule has 0 aromatic heterocycles. The van der Waals surface area contributed by atoms with Gasteiger partial charge in [-0.15, -0.1) is 0 Å². The van der Waals surface area contributed by atoms with Crippen LogP contribution in [0.5, 0.6) is 0 Å². The summed E-state index contributed by atoms with van der Waals surface area (Å²) in [6, 6.07) is 0.613. The predicted molar refractivity (Wildman–Crippen MR) is 57.4 cm³/mol. The van der Waals surface area contributed by atoms with Gasteiger partial charge >= 0.3 is 0 Å². The molecule has 1 nitrogen and oxygen atoms in total. The number of hydrogen-bond acceptors (Lipinski definition) is 1. The second-order valence-electron chi connectivity index (χ2n) is 4.30. The van der Waals surface area contributed by atoms with E-state index >= 15 is 0 Å². The topological polar surface area (TPSA) is 12.0 Å². The molecule has 1 rings (SSSR count). The molecule has 0 aromatic rings. The van der Waals surface area contributed by atoms with E-state index in [1.54, 1.807) is 0 Å². The van der Waals surface area contributed by atoms with Gasteiger partial charge in [-0.1, -0.05) is 33.0 Å². The third-order valence-corrected chi connectivity index (χ3v) is 2.94. The fourth-order valence-corrected chi connectivity index (χ4v) is 2.16. The van der Waals surface area contributed by atoms with Crippen LogP contribution in [0.4, 0.5) is 0 Å². The highest BCUT2D eigenvalue weighted by atomic mass is 32.1. The molecule has 0 aromatic carbocycles. The first-order chi connectivity index (χ1) is 5.59. The Hall–Kier alpha value is -0.110. The van der Waals surface area contributed by atoms with Gasteiger partial charge in [-0.25, -0.2) is 0 Å². The van der Waals surface area contributed by atoms with Crippen molar-refractivity contribution in [2.24, 2.45) is 11.8 Å². The minimum absolute atomic E-state index is 0.613. The summed E-state index contributed by atoms with van der Waals surface area (Å²) in [5.41, 5.74) is 0. The molecule has 12 heavy (non-hydrogen) atoms. The molecule has 0 aliphatic carbocycles. The van der Waals surface area contributed by atoms with Crippen molar-refractivity contribution in [2.75, 3.05) is 0 Å². The Labute approximate surface area is 80.9 Å². The van der Waals surface area contributed by atoms with Crippen LogP contribution >= 0.6 is 12.2 Å². The number of rotatable bonds is 1. The fourth-order valence-electron chi connectivity index (χ4n) is 1.72. The van der Waals surface area contributed by atoms with Crippen LogP contribution in [0.25, 0.3) is 0 Å². The van der Waals surface area contributed by atoms with Crippen molar-refractivity contribution in [3.8, 4) is 0 Å². The minimum atomic E-state index is 0.613. The summed E-state index contributed by atoms with van der Waals surface area (Å²) in [5.74, 6) is 1.47. The van der Waals surface area contributed by atoms with E-state index in [9.17, 15) is 0 Å². The van der Waals surface area contributed by atoms with E-state index in [4.69, 9.17) is 12.2 Å². The Morgan fingerprint density at radius 3 is 2.67 bits per heavy atom. The zero-order valence-electron chi connectivity index (χ0n) is 8.26. The average Bonchev–Trinajstić information content (AvgIpc) is 2.11. The third-order valence-electron chi connectivity index (χ3n) is 2.66.